The first kappa shape index (κ1) is 16.0. The molecule has 0 aromatic heterocycles. The van der Waals surface area contributed by atoms with Crippen LogP contribution in [-0.2, 0) is 6.18 Å². The maximum absolute atomic E-state index is 12.9. The van der Waals surface area contributed by atoms with E-state index < -0.39 is 23.2 Å². The Kier molecular flexibility index (Phi) is 4.73. The highest BCUT2D eigenvalue weighted by Crippen LogP contribution is 2.33. The molecule has 2 nitrogen and oxygen atoms in total. The van der Waals surface area contributed by atoms with Crippen LogP contribution in [0.4, 0.5) is 18.9 Å². The zero-order chi connectivity index (χ0) is 15.6. The quantitative estimate of drug-likeness (QED) is 0.681. The summed E-state index contributed by atoms with van der Waals surface area (Å²) < 4.78 is 40.0. The summed E-state index contributed by atoms with van der Waals surface area (Å²) in [4.78, 5) is 12.1. The molecule has 0 atom stereocenters. The Labute approximate surface area is 135 Å². The SMILES string of the molecule is O=C(Nc1ccc(Br)cc1Br)c1ccccc1C(F)(F)F. The van der Waals surface area contributed by atoms with Crippen LogP contribution in [0, 0.1) is 0 Å². The standard InChI is InChI=1S/C14H8Br2F3NO/c15-8-5-6-12(11(16)7-8)20-13(21)9-3-1-2-4-10(9)14(17,18)19/h1-7H,(H,20,21). The third kappa shape index (κ3) is 3.85. The van der Waals surface area contributed by atoms with Gasteiger partial charge in [0, 0.05) is 8.95 Å². The summed E-state index contributed by atoms with van der Waals surface area (Å²) in [6.45, 7) is 0. The molecule has 0 radical (unpaired) electrons. The van der Waals surface area contributed by atoms with Gasteiger partial charge in [0.05, 0.1) is 16.8 Å². The van der Waals surface area contributed by atoms with Gasteiger partial charge in [-0.3, -0.25) is 4.79 Å². The third-order valence-electron chi connectivity index (χ3n) is 2.66. The van der Waals surface area contributed by atoms with E-state index in [9.17, 15) is 18.0 Å². The van der Waals surface area contributed by atoms with Crippen LogP contribution >= 0.6 is 31.9 Å². The molecule has 1 amide bonds. The number of nitrogens with one attached hydrogen (secondary N) is 1. The molecule has 2 aromatic rings. The average Bonchev–Trinajstić information content (AvgIpc) is 2.41. The van der Waals surface area contributed by atoms with Crippen molar-refractivity contribution in [2.45, 2.75) is 6.18 Å². The van der Waals surface area contributed by atoms with E-state index in [2.05, 4.69) is 37.2 Å². The van der Waals surface area contributed by atoms with Crippen molar-refractivity contribution < 1.29 is 18.0 Å². The highest BCUT2D eigenvalue weighted by Gasteiger charge is 2.34. The molecule has 1 N–H and O–H groups in total. The van der Waals surface area contributed by atoms with Crippen LogP contribution in [0.5, 0.6) is 0 Å². The van der Waals surface area contributed by atoms with Crippen molar-refractivity contribution >= 4 is 43.5 Å². The van der Waals surface area contributed by atoms with Crippen molar-refractivity contribution in [2.75, 3.05) is 5.32 Å². The fourth-order valence-electron chi connectivity index (χ4n) is 1.71. The molecule has 0 bridgehead atoms. The minimum absolute atomic E-state index is 0.389. The van der Waals surface area contributed by atoms with E-state index in [1.165, 1.54) is 12.1 Å². The zero-order valence-electron chi connectivity index (χ0n) is 10.3. The summed E-state index contributed by atoms with van der Waals surface area (Å²) in [6, 6.07) is 9.61. The van der Waals surface area contributed by atoms with Gasteiger partial charge < -0.3 is 5.32 Å². The Balaban J connectivity index is 2.33. The highest BCUT2D eigenvalue weighted by atomic mass is 79.9. The molecule has 2 aromatic carbocycles. The average molecular weight is 423 g/mol. The molecule has 2 rings (SSSR count). The highest BCUT2D eigenvalue weighted by molar-refractivity contribution is 9.11. The van der Waals surface area contributed by atoms with Gasteiger partial charge in [0.1, 0.15) is 0 Å². The number of hydrogen-bond donors (Lipinski definition) is 1. The topological polar surface area (TPSA) is 29.1 Å². The van der Waals surface area contributed by atoms with Gasteiger partial charge in [-0.2, -0.15) is 13.2 Å². The molecule has 0 spiro atoms. The number of anilines is 1. The Morgan fingerprint density at radius 1 is 1.05 bits per heavy atom. The van der Waals surface area contributed by atoms with E-state index >= 15 is 0 Å². The lowest BCUT2D eigenvalue weighted by Crippen LogP contribution is -2.18. The molecular formula is C14H8Br2F3NO. The first-order valence-electron chi connectivity index (χ1n) is 5.71. The molecule has 0 aliphatic heterocycles. The monoisotopic (exact) mass is 421 g/mol. The van der Waals surface area contributed by atoms with Crippen LogP contribution in [0.2, 0.25) is 0 Å². The lowest BCUT2D eigenvalue weighted by atomic mass is 10.1. The smallest absolute Gasteiger partial charge is 0.321 e. The van der Waals surface area contributed by atoms with Crippen molar-refractivity contribution in [2.24, 2.45) is 0 Å². The van der Waals surface area contributed by atoms with E-state index in [0.717, 1.165) is 16.6 Å². The molecular weight excluding hydrogens is 415 g/mol. The minimum Gasteiger partial charge on any atom is -0.321 e. The maximum atomic E-state index is 12.9. The minimum atomic E-state index is -4.58. The summed E-state index contributed by atoms with van der Waals surface area (Å²) in [5, 5.41) is 2.46. The van der Waals surface area contributed by atoms with Crippen molar-refractivity contribution in [3.63, 3.8) is 0 Å². The summed E-state index contributed by atoms with van der Waals surface area (Å²) in [7, 11) is 0. The summed E-state index contributed by atoms with van der Waals surface area (Å²) in [6.07, 6.45) is -4.58. The van der Waals surface area contributed by atoms with Crippen LogP contribution < -0.4 is 5.32 Å². The van der Waals surface area contributed by atoms with Crippen LogP contribution in [-0.4, -0.2) is 5.91 Å². The number of hydrogen-bond acceptors (Lipinski definition) is 1. The summed E-state index contributed by atoms with van der Waals surface area (Å²) in [5.41, 5.74) is -0.990. The Morgan fingerprint density at radius 2 is 1.71 bits per heavy atom. The normalized spacial score (nSPS) is 11.3. The van der Waals surface area contributed by atoms with Crippen molar-refractivity contribution in [1.29, 1.82) is 0 Å². The van der Waals surface area contributed by atoms with E-state index in [1.807, 2.05) is 0 Å². The molecule has 0 aliphatic carbocycles. The molecule has 0 saturated carbocycles. The molecule has 0 fully saturated rings. The van der Waals surface area contributed by atoms with Crippen molar-refractivity contribution in [1.82, 2.24) is 0 Å². The van der Waals surface area contributed by atoms with Crippen molar-refractivity contribution in [3.8, 4) is 0 Å². The van der Waals surface area contributed by atoms with Crippen LogP contribution in [0.1, 0.15) is 15.9 Å². The third-order valence-corrected chi connectivity index (χ3v) is 3.81. The molecule has 7 heteroatoms. The van der Waals surface area contributed by atoms with Gasteiger partial charge in [-0.05, 0) is 46.3 Å². The second-order valence-corrected chi connectivity index (χ2v) is 5.89. The maximum Gasteiger partial charge on any atom is 0.417 e. The van der Waals surface area contributed by atoms with E-state index in [-0.39, 0.29) is 0 Å². The molecule has 21 heavy (non-hydrogen) atoms. The van der Waals surface area contributed by atoms with Crippen LogP contribution in [0.25, 0.3) is 0 Å². The largest absolute Gasteiger partial charge is 0.417 e. The van der Waals surface area contributed by atoms with Crippen LogP contribution in [0.3, 0.4) is 0 Å². The second-order valence-electron chi connectivity index (χ2n) is 4.12. The van der Waals surface area contributed by atoms with Crippen molar-refractivity contribution in [3.05, 3.63) is 62.5 Å². The predicted molar refractivity (Wildman–Crippen MR) is 81.2 cm³/mol. The molecule has 0 saturated heterocycles. The van der Waals surface area contributed by atoms with Gasteiger partial charge >= 0.3 is 6.18 Å². The first-order chi connectivity index (χ1) is 9.79. The van der Waals surface area contributed by atoms with Gasteiger partial charge in [0.15, 0.2) is 0 Å². The first-order valence-corrected chi connectivity index (χ1v) is 7.30. The fraction of sp³-hybridized carbons (Fsp3) is 0.0714. The van der Waals surface area contributed by atoms with E-state index in [0.29, 0.717) is 10.2 Å². The number of rotatable bonds is 2. The zero-order valence-corrected chi connectivity index (χ0v) is 13.5. The second kappa shape index (κ2) is 6.19. The van der Waals surface area contributed by atoms with E-state index in [1.54, 1.807) is 18.2 Å². The van der Waals surface area contributed by atoms with E-state index in [4.69, 9.17) is 0 Å². The van der Waals surface area contributed by atoms with Gasteiger partial charge in [0.2, 0.25) is 0 Å². The van der Waals surface area contributed by atoms with Gasteiger partial charge in [0.25, 0.3) is 5.91 Å². The molecule has 0 heterocycles. The molecule has 110 valence electrons. The molecule has 0 aliphatic rings. The fourth-order valence-corrected chi connectivity index (χ4v) is 2.86. The lowest BCUT2D eigenvalue weighted by molar-refractivity contribution is -0.137. The Bertz CT molecular complexity index is 686. The Hall–Kier alpha value is -1.34. The number of carbonyl (C=O) groups excluding carboxylic acids is 1. The lowest BCUT2D eigenvalue weighted by Gasteiger charge is -2.13. The number of benzene rings is 2. The summed E-state index contributed by atoms with van der Waals surface area (Å²) >= 11 is 6.49. The number of halogens is 5. The van der Waals surface area contributed by atoms with Gasteiger partial charge in [-0.15, -0.1) is 0 Å². The Morgan fingerprint density at radius 3 is 2.33 bits per heavy atom. The number of carbonyl (C=O) groups is 1. The number of alkyl halides is 3. The van der Waals surface area contributed by atoms with Crippen LogP contribution in [0.15, 0.2) is 51.4 Å². The number of amides is 1. The van der Waals surface area contributed by atoms with Gasteiger partial charge in [-0.1, -0.05) is 28.1 Å². The summed E-state index contributed by atoms with van der Waals surface area (Å²) in [5.74, 6) is -0.814. The predicted octanol–water partition coefficient (Wildman–Crippen LogP) is 5.48. The van der Waals surface area contributed by atoms with Gasteiger partial charge in [-0.25, -0.2) is 0 Å². The molecule has 0 unspecified atom stereocenters.